The van der Waals surface area contributed by atoms with Gasteiger partial charge in [0.25, 0.3) is 5.91 Å². The van der Waals surface area contributed by atoms with Gasteiger partial charge in [-0.05, 0) is 24.6 Å². The molecule has 4 heteroatoms. The Morgan fingerprint density at radius 1 is 1.57 bits per heavy atom. The predicted octanol–water partition coefficient (Wildman–Crippen LogP) is 1.58. The molecule has 1 rings (SSSR count). The molecule has 0 saturated carbocycles. The Kier molecular flexibility index (Phi) is 3.65. The van der Waals surface area contributed by atoms with E-state index in [2.05, 4.69) is 5.32 Å². The Labute approximate surface area is 87.1 Å². The molecule has 3 nitrogen and oxygen atoms in total. The second-order valence-electron chi connectivity index (χ2n) is 2.84. The fraction of sp³-hybridized carbons (Fsp3) is 0.200. The number of amides is 1. The number of benzene rings is 1. The van der Waals surface area contributed by atoms with Crippen LogP contribution >= 0.6 is 11.6 Å². The number of nitrogens with one attached hydrogen (secondary N) is 1. The number of halogens is 1. The highest BCUT2D eigenvalue weighted by molar-refractivity contribution is 6.31. The molecule has 0 unspecified atom stereocenters. The van der Waals surface area contributed by atoms with Crippen molar-refractivity contribution in [2.24, 2.45) is 0 Å². The molecule has 1 amide bonds. The van der Waals surface area contributed by atoms with Crippen LogP contribution in [0, 0.1) is 6.92 Å². The molecule has 0 atom stereocenters. The highest BCUT2D eigenvalue weighted by Crippen LogP contribution is 2.16. The molecule has 0 bridgehead atoms. The maximum Gasteiger partial charge on any atom is 0.251 e. The molecule has 1 N–H and O–H groups in total. The lowest BCUT2D eigenvalue weighted by molar-refractivity contribution is -0.107. The third kappa shape index (κ3) is 2.57. The highest BCUT2D eigenvalue weighted by Gasteiger charge is 2.05. The van der Waals surface area contributed by atoms with Gasteiger partial charge in [-0.1, -0.05) is 17.7 Å². The van der Waals surface area contributed by atoms with Crippen molar-refractivity contribution >= 4 is 23.8 Å². The van der Waals surface area contributed by atoms with Gasteiger partial charge in [-0.15, -0.1) is 0 Å². The summed E-state index contributed by atoms with van der Waals surface area (Å²) in [5.74, 6) is -0.293. The van der Waals surface area contributed by atoms with E-state index in [0.29, 0.717) is 16.9 Å². The Hall–Kier alpha value is -1.35. The molecule has 74 valence electrons. The molecule has 0 spiro atoms. The number of rotatable bonds is 3. The largest absolute Gasteiger partial charge is 0.345 e. The molecule has 0 radical (unpaired) electrons. The van der Waals surface area contributed by atoms with Crippen molar-refractivity contribution in [3.63, 3.8) is 0 Å². The summed E-state index contributed by atoms with van der Waals surface area (Å²) in [5.41, 5.74) is 1.38. The molecule has 0 aliphatic rings. The van der Waals surface area contributed by atoms with Crippen LogP contribution in [0.3, 0.4) is 0 Å². The topological polar surface area (TPSA) is 46.2 Å². The van der Waals surface area contributed by atoms with Gasteiger partial charge in [0.2, 0.25) is 0 Å². The average Bonchev–Trinajstić information content (AvgIpc) is 2.18. The summed E-state index contributed by atoms with van der Waals surface area (Å²) in [4.78, 5) is 21.4. The molecular weight excluding hydrogens is 202 g/mol. The summed E-state index contributed by atoms with van der Waals surface area (Å²) in [6, 6.07) is 5.01. The maximum absolute atomic E-state index is 11.3. The highest BCUT2D eigenvalue weighted by atomic mass is 35.5. The van der Waals surface area contributed by atoms with E-state index >= 15 is 0 Å². The van der Waals surface area contributed by atoms with Gasteiger partial charge >= 0.3 is 0 Å². The van der Waals surface area contributed by atoms with Crippen molar-refractivity contribution in [2.75, 3.05) is 6.54 Å². The van der Waals surface area contributed by atoms with Crippen LogP contribution in [-0.4, -0.2) is 18.7 Å². The van der Waals surface area contributed by atoms with E-state index in [0.717, 1.165) is 5.56 Å². The van der Waals surface area contributed by atoms with E-state index in [9.17, 15) is 9.59 Å². The van der Waals surface area contributed by atoms with Crippen molar-refractivity contribution in [3.8, 4) is 0 Å². The van der Waals surface area contributed by atoms with E-state index < -0.39 is 0 Å². The number of hydrogen-bond donors (Lipinski definition) is 1. The Bertz CT molecular complexity index is 363. The van der Waals surface area contributed by atoms with E-state index in [-0.39, 0.29) is 12.5 Å². The molecule has 0 fully saturated rings. The van der Waals surface area contributed by atoms with Crippen LogP contribution in [0.4, 0.5) is 0 Å². The zero-order valence-corrected chi connectivity index (χ0v) is 8.47. The van der Waals surface area contributed by atoms with Gasteiger partial charge in [-0.3, -0.25) is 4.79 Å². The normalized spacial score (nSPS) is 9.57. The first-order valence-electron chi connectivity index (χ1n) is 4.13. The van der Waals surface area contributed by atoms with Gasteiger partial charge < -0.3 is 10.1 Å². The van der Waals surface area contributed by atoms with Gasteiger partial charge in [-0.2, -0.15) is 0 Å². The van der Waals surface area contributed by atoms with Gasteiger partial charge in [0, 0.05) is 10.6 Å². The molecule has 0 heterocycles. The third-order valence-corrected chi connectivity index (χ3v) is 2.19. The number of aryl methyl sites for hydroxylation is 1. The van der Waals surface area contributed by atoms with Crippen molar-refractivity contribution in [3.05, 3.63) is 34.3 Å². The van der Waals surface area contributed by atoms with Crippen LogP contribution in [0.5, 0.6) is 0 Å². The Balaban J connectivity index is 2.80. The van der Waals surface area contributed by atoms with Crippen LogP contribution in [0.25, 0.3) is 0 Å². The monoisotopic (exact) mass is 211 g/mol. The zero-order valence-electron chi connectivity index (χ0n) is 7.71. The fourth-order valence-electron chi connectivity index (χ4n) is 0.971. The van der Waals surface area contributed by atoms with E-state index in [4.69, 9.17) is 11.6 Å². The van der Waals surface area contributed by atoms with Crippen molar-refractivity contribution in [2.45, 2.75) is 6.92 Å². The van der Waals surface area contributed by atoms with Gasteiger partial charge in [0.15, 0.2) is 0 Å². The molecule has 1 aromatic rings. The lowest BCUT2D eigenvalue weighted by atomic mass is 10.1. The lowest BCUT2D eigenvalue weighted by Crippen LogP contribution is -2.25. The van der Waals surface area contributed by atoms with Crippen LogP contribution in [0.1, 0.15) is 15.9 Å². The number of carbonyl (C=O) groups excluding carboxylic acids is 2. The summed E-state index contributed by atoms with van der Waals surface area (Å²) in [5, 5.41) is 2.97. The molecule has 0 saturated heterocycles. The first-order chi connectivity index (χ1) is 6.65. The minimum absolute atomic E-state index is 0.0182. The SMILES string of the molecule is Cc1ccc(C(=O)NCC=O)cc1Cl. The minimum atomic E-state index is -0.293. The van der Waals surface area contributed by atoms with Crippen molar-refractivity contribution < 1.29 is 9.59 Å². The first-order valence-corrected chi connectivity index (χ1v) is 4.51. The van der Waals surface area contributed by atoms with Crippen LogP contribution < -0.4 is 5.32 Å². The number of aldehydes is 1. The molecule has 0 aromatic heterocycles. The zero-order chi connectivity index (χ0) is 10.6. The quantitative estimate of drug-likeness (QED) is 0.772. The molecule has 14 heavy (non-hydrogen) atoms. The van der Waals surface area contributed by atoms with Crippen LogP contribution in [0.15, 0.2) is 18.2 Å². The van der Waals surface area contributed by atoms with Gasteiger partial charge in [0.05, 0.1) is 6.54 Å². The van der Waals surface area contributed by atoms with E-state index in [1.807, 2.05) is 6.92 Å². The maximum atomic E-state index is 11.3. The Morgan fingerprint density at radius 2 is 2.29 bits per heavy atom. The molecule has 0 aliphatic heterocycles. The second-order valence-corrected chi connectivity index (χ2v) is 3.25. The van der Waals surface area contributed by atoms with Gasteiger partial charge in [0.1, 0.15) is 6.29 Å². The summed E-state index contributed by atoms with van der Waals surface area (Å²) in [6.07, 6.45) is 0.633. The third-order valence-electron chi connectivity index (χ3n) is 1.78. The summed E-state index contributed by atoms with van der Waals surface area (Å²) in [6.45, 7) is 1.87. The summed E-state index contributed by atoms with van der Waals surface area (Å²) < 4.78 is 0. The minimum Gasteiger partial charge on any atom is -0.345 e. The van der Waals surface area contributed by atoms with Gasteiger partial charge in [-0.25, -0.2) is 0 Å². The molecule has 1 aromatic carbocycles. The number of hydrogen-bond acceptors (Lipinski definition) is 2. The molecular formula is C10H10ClNO2. The van der Waals surface area contributed by atoms with Crippen LogP contribution in [-0.2, 0) is 4.79 Å². The Morgan fingerprint density at radius 3 is 2.86 bits per heavy atom. The molecule has 0 aliphatic carbocycles. The summed E-state index contributed by atoms with van der Waals surface area (Å²) >= 11 is 5.84. The second kappa shape index (κ2) is 4.77. The average molecular weight is 212 g/mol. The van der Waals surface area contributed by atoms with Crippen molar-refractivity contribution in [1.29, 1.82) is 0 Å². The first kappa shape index (κ1) is 10.7. The summed E-state index contributed by atoms with van der Waals surface area (Å²) in [7, 11) is 0. The standard InChI is InChI=1S/C10H10ClNO2/c1-7-2-3-8(6-9(7)11)10(14)12-4-5-13/h2-3,5-6H,4H2,1H3,(H,12,14). The smallest absolute Gasteiger partial charge is 0.251 e. The lowest BCUT2D eigenvalue weighted by Gasteiger charge is -2.03. The van der Waals surface area contributed by atoms with E-state index in [1.165, 1.54) is 0 Å². The van der Waals surface area contributed by atoms with Crippen LogP contribution in [0.2, 0.25) is 5.02 Å². The fourth-order valence-corrected chi connectivity index (χ4v) is 1.15. The number of carbonyl (C=O) groups is 2. The van der Waals surface area contributed by atoms with Crippen molar-refractivity contribution in [1.82, 2.24) is 5.32 Å². The van der Waals surface area contributed by atoms with E-state index in [1.54, 1.807) is 18.2 Å². The predicted molar refractivity (Wildman–Crippen MR) is 54.6 cm³/mol.